The van der Waals surface area contributed by atoms with Crippen LogP contribution in [0.25, 0.3) is 22.5 Å². The SMILES string of the molecule is Cc1cc(NC(=O)CNC(=O)CNC(=O)CN)ccc1-c1ccc(C[C@H](NC(=O)[C@H]2CC[C@H](CN)CC2)C(=O)Nc2ccc(-c3nn[nH]n3)cc2)cc1.Cl. The average Bonchev–Trinajstić information content (AvgIpc) is 3.72. The summed E-state index contributed by atoms with van der Waals surface area (Å²) in [6, 6.07) is 19.5. The van der Waals surface area contributed by atoms with E-state index in [0.717, 1.165) is 53.5 Å². The van der Waals surface area contributed by atoms with E-state index in [1.807, 2.05) is 43.3 Å². The van der Waals surface area contributed by atoms with Crippen molar-refractivity contribution in [2.75, 3.05) is 36.8 Å². The first kappa shape index (κ1) is 41.1. The van der Waals surface area contributed by atoms with Gasteiger partial charge in [0.2, 0.25) is 35.4 Å². The highest BCUT2D eigenvalue weighted by Gasteiger charge is 2.29. The molecule has 0 spiro atoms. The van der Waals surface area contributed by atoms with Crippen LogP contribution in [0.1, 0.15) is 36.8 Å². The van der Waals surface area contributed by atoms with Crippen molar-refractivity contribution in [3.63, 3.8) is 0 Å². The van der Waals surface area contributed by atoms with Crippen LogP contribution in [0.15, 0.2) is 66.7 Å². The van der Waals surface area contributed by atoms with Gasteiger partial charge in [-0.3, -0.25) is 24.0 Å². The van der Waals surface area contributed by atoms with Gasteiger partial charge in [-0.1, -0.05) is 30.3 Å². The molecule has 10 N–H and O–H groups in total. The van der Waals surface area contributed by atoms with Crippen LogP contribution >= 0.6 is 12.4 Å². The van der Waals surface area contributed by atoms with Gasteiger partial charge in [0.05, 0.1) is 19.6 Å². The van der Waals surface area contributed by atoms with Crippen molar-refractivity contribution in [1.29, 1.82) is 0 Å². The van der Waals surface area contributed by atoms with Crippen LogP contribution in [0, 0.1) is 18.8 Å². The maximum Gasteiger partial charge on any atom is 0.247 e. The van der Waals surface area contributed by atoms with Crippen LogP contribution < -0.4 is 38.1 Å². The van der Waals surface area contributed by atoms with E-state index in [4.69, 9.17) is 11.5 Å². The summed E-state index contributed by atoms with van der Waals surface area (Å²) in [5, 5.41) is 27.5. The van der Waals surface area contributed by atoms with Crippen molar-refractivity contribution in [1.82, 2.24) is 36.6 Å². The smallest absolute Gasteiger partial charge is 0.247 e. The van der Waals surface area contributed by atoms with Gasteiger partial charge in [-0.05, 0) is 109 Å². The van der Waals surface area contributed by atoms with Crippen molar-refractivity contribution in [3.05, 3.63) is 77.9 Å². The van der Waals surface area contributed by atoms with E-state index in [1.165, 1.54) is 0 Å². The number of nitrogens with two attached hydrogens (primary N) is 2. The molecule has 16 nitrogen and oxygen atoms in total. The zero-order valence-corrected chi connectivity index (χ0v) is 30.7. The minimum absolute atomic E-state index is 0. The first-order valence-electron chi connectivity index (χ1n) is 17.5. The van der Waals surface area contributed by atoms with Gasteiger partial charge in [0, 0.05) is 29.3 Å². The summed E-state index contributed by atoms with van der Waals surface area (Å²) in [4.78, 5) is 62.5. The highest BCUT2D eigenvalue weighted by atomic mass is 35.5. The Hall–Kier alpha value is -5.71. The minimum Gasteiger partial charge on any atom is -0.346 e. The van der Waals surface area contributed by atoms with E-state index in [2.05, 4.69) is 47.2 Å². The summed E-state index contributed by atoms with van der Waals surface area (Å²) >= 11 is 0. The number of nitrogens with zero attached hydrogens (tertiary/aromatic N) is 3. The van der Waals surface area contributed by atoms with Crippen LogP contribution in [0.5, 0.6) is 0 Å². The molecule has 0 bridgehead atoms. The van der Waals surface area contributed by atoms with E-state index in [9.17, 15) is 24.0 Å². The summed E-state index contributed by atoms with van der Waals surface area (Å²) in [5.74, 6) is -1.18. The molecule has 1 fully saturated rings. The number of rotatable bonds is 15. The van der Waals surface area contributed by atoms with Gasteiger partial charge in [0.25, 0.3) is 0 Å². The molecule has 5 amide bonds. The number of halogens is 1. The van der Waals surface area contributed by atoms with Gasteiger partial charge >= 0.3 is 0 Å². The molecule has 1 atom stereocenters. The van der Waals surface area contributed by atoms with Gasteiger partial charge in [-0.15, -0.1) is 22.6 Å². The standard InChI is InChI=1S/C37H45N11O5.ClH/c1-22-16-29(42-34(51)21-41-33(50)20-40-32(49)19-39)14-15-30(22)25-6-2-23(3-7-25)17-31(44-36(52)27-8-4-24(18-38)5-9-27)37(53)43-28-12-10-26(11-13-28)35-45-47-48-46-35;/h2-3,6-7,10-16,24,27,31H,4-5,8-9,17-21,38-39H2,1H3,(H,40,49)(H,41,50)(H,42,51)(H,43,53)(H,44,52)(H,45,46,47,48);1H/t24-,27-,31-;/m0./s1. The third-order valence-corrected chi connectivity index (χ3v) is 9.23. The molecular weight excluding hydrogens is 714 g/mol. The number of aromatic nitrogens is 4. The number of nitrogens with one attached hydrogen (secondary N) is 6. The molecule has 1 heterocycles. The van der Waals surface area contributed by atoms with Crippen LogP contribution in [0.2, 0.25) is 0 Å². The number of hydrogen-bond donors (Lipinski definition) is 8. The lowest BCUT2D eigenvalue weighted by Crippen LogP contribution is -2.48. The van der Waals surface area contributed by atoms with Crippen LogP contribution in [-0.2, 0) is 30.4 Å². The summed E-state index contributed by atoms with van der Waals surface area (Å²) in [7, 11) is 0. The number of hydrogen-bond acceptors (Lipinski definition) is 10. The Balaban J connectivity index is 0.00000650. The third kappa shape index (κ3) is 11.6. The Bertz CT molecular complexity index is 1880. The van der Waals surface area contributed by atoms with Crippen molar-refractivity contribution >= 4 is 53.3 Å². The maximum atomic E-state index is 13.7. The molecule has 17 heteroatoms. The second-order valence-corrected chi connectivity index (χ2v) is 13.1. The Morgan fingerprint density at radius 1 is 0.796 bits per heavy atom. The first-order valence-corrected chi connectivity index (χ1v) is 17.5. The second-order valence-electron chi connectivity index (χ2n) is 13.1. The number of benzene rings is 3. The molecule has 54 heavy (non-hydrogen) atoms. The molecule has 1 aromatic heterocycles. The normalized spacial score (nSPS) is 15.5. The van der Waals surface area contributed by atoms with Crippen LogP contribution in [0.3, 0.4) is 0 Å². The highest BCUT2D eigenvalue weighted by molar-refractivity contribution is 5.98. The molecule has 4 aromatic rings. The van der Waals surface area contributed by atoms with Crippen LogP contribution in [0.4, 0.5) is 11.4 Å². The molecule has 0 saturated heterocycles. The number of H-pyrrole nitrogens is 1. The van der Waals surface area contributed by atoms with E-state index in [1.54, 1.807) is 30.3 Å². The molecule has 0 radical (unpaired) electrons. The molecule has 1 aliphatic carbocycles. The van der Waals surface area contributed by atoms with Crippen LogP contribution in [-0.4, -0.2) is 82.4 Å². The van der Waals surface area contributed by atoms with E-state index >= 15 is 0 Å². The predicted molar refractivity (Wildman–Crippen MR) is 206 cm³/mol. The molecule has 0 unspecified atom stereocenters. The first-order chi connectivity index (χ1) is 25.6. The quantitative estimate of drug-likeness (QED) is 0.0873. The topological polar surface area (TPSA) is 252 Å². The van der Waals surface area contributed by atoms with E-state index in [0.29, 0.717) is 29.7 Å². The highest BCUT2D eigenvalue weighted by Crippen LogP contribution is 2.29. The summed E-state index contributed by atoms with van der Waals surface area (Å²) < 4.78 is 0. The van der Waals surface area contributed by atoms with Crippen molar-refractivity contribution < 1.29 is 24.0 Å². The van der Waals surface area contributed by atoms with E-state index in [-0.39, 0.29) is 56.2 Å². The van der Waals surface area contributed by atoms with Gasteiger partial charge in [-0.2, -0.15) is 5.21 Å². The number of amides is 5. The third-order valence-electron chi connectivity index (χ3n) is 9.23. The second kappa shape index (κ2) is 19.9. The number of anilines is 2. The zero-order chi connectivity index (χ0) is 37.7. The Labute approximate surface area is 318 Å². The average molecular weight is 760 g/mol. The van der Waals surface area contributed by atoms with Gasteiger partial charge in [-0.25, -0.2) is 0 Å². The largest absolute Gasteiger partial charge is 0.346 e. The molecular formula is C37H46ClN11O5. The van der Waals surface area contributed by atoms with Gasteiger partial charge < -0.3 is 38.1 Å². The molecule has 1 aliphatic rings. The summed E-state index contributed by atoms with van der Waals surface area (Å²) in [5.41, 5.74) is 16.5. The molecule has 1 saturated carbocycles. The van der Waals surface area contributed by atoms with Crippen molar-refractivity contribution in [2.45, 2.75) is 45.1 Å². The Morgan fingerprint density at radius 3 is 2.07 bits per heavy atom. The van der Waals surface area contributed by atoms with E-state index < -0.39 is 23.8 Å². The number of aryl methyl sites for hydroxylation is 1. The molecule has 3 aromatic carbocycles. The number of carbonyl (C=O) groups excluding carboxylic acids is 5. The lowest BCUT2D eigenvalue weighted by Gasteiger charge is -2.28. The minimum atomic E-state index is -0.823. The van der Waals surface area contributed by atoms with Gasteiger partial charge in [0.1, 0.15) is 6.04 Å². The monoisotopic (exact) mass is 759 g/mol. The number of aromatic amines is 1. The predicted octanol–water partition coefficient (Wildman–Crippen LogP) is 1.82. The lowest BCUT2D eigenvalue weighted by molar-refractivity contribution is -0.130. The number of carbonyl (C=O) groups is 5. The Morgan fingerprint density at radius 2 is 1.44 bits per heavy atom. The maximum absolute atomic E-state index is 13.7. The number of tetrazole rings is 1. The molecule has 286 valence electrons. The fraction of sp³-hybridized carbons (Fsp3) is 0.351. The van der Waals surface area contributed by atoms with Crippen molar-refractivity contribution in [2.24, 2.45) is 23.3 Å². The fourth-order valence-electron chi connectivity index (χ4n) is 6.19. The van der Waals surface area contributed by atoms with Gasteiger partial charge in [0.15, 0.2) is 0 Å². The molecule has 0 aliphatic heterocycles. The summed E-state index contributed by atoms with van der Waals surface area (Å²) in [6.45, 7) is 1.77. The van der Waals surface area contributed by atoms with Crippen molar-refractivity contribution in [3.8, 4) is 22.5 Å². The lowest BCUT2D eigenvalue weighted by atomic mass is 9.81. The zero-order valence-electron chi connectivity index (χ0n) is 29.9. The fourth-order valence-corrected chi connectivity index (χ4v) is 6.19. The molecule has 5 rings (SSSR count). The Kier molecular flexibility index (Phi) is 15.2. The summed E-state index contributed by atoms with van der Waals surface area (Å²) in [6.07, 6.45) is 3.54.